The van der Waals surface area contributed by atoms with Crippen molar-refractivity contribution in [3.8, 4) is 0 Å². The number of esters is 1. The molecule has 2 rings (SSSR count). The van der Waals surface area contributed by atoms with E-state index in [0.29, 0.717) is 15.7 Å². The maximum absolute atomic E-state index is 11.4. The van der Waals surface area contributed by atoms with E-state index in [0.717, 1.165) is 16.9 Å². The van der Waals surface area contributed by atoms with E-state index in [9.17, 15) is 4.79 Å². The summed E-state index contributed by atoms with van der Waals surface area (Å²) in [5.41, 5.74) is 3.14. The van der Waals surface area contributed by atoms with Crippen LogP contribution in [0.25, 0.3) is 0 Å². The third-order valence-corrected chi connectivity index (χ3v) is 3.44. The number of hydrogen-bond donors (Lipinski definition) is 2. The van der Waals surface area contributed by atoms with Gasteiger partial charge in [-0.3, -0.25) is 0 Å². The van der Waals surface area contributed by atoms with E-state index in [1.165, 1.54) is 7.11 Å². The molecule has 0 saturated carbocycles. The van der Waals surface area contributed by atoms with Gasteiger partial charge in [-0.05, 0) is 67.2 Å². The summed E-state index contributed by atoms with van der Waals surface area (Å²) < 4.78 is 4.65. The summed E-state index contributed by atoms with van der Waals surface area (Å²) in [4.78, 5) is 11.4. The summed E-state index contributed by atoms with van der Waals surface area (Å²) in [5, 5.41) is 7.29. The van der Waals surface area contributed by atoms with Gasteiger partial charge in [0.15, 0.2) is 5.11 Å². The topological polar surface area (TPSA) is 50.4 Å². The van der Waals surface area contributed by atoms with E-state index in [2.05, 4.69) is 15.4 Å². The molecule has 2 aromatic rings. The number of halogens is 1. The zero-order valence-corrected chi connectivity index (χ0v) is 13.7. The van der Waals surface area contributed by atoms with Gasteiger partial charge in [0.25, 0.3) is 0 Å². The Morgan fingerprint density at radius 3 is 2.41 bits per heavy atom. The Hall–Kier alpha value is -2.11. The number of thiocarbonyl (C=S) groups is 1. The highest BCUT2D eigenvalue weighted by Crippen LogP contribution is 2.20. The Labute approximate surface area is 139 Å². The minimum atomic E-state index is -0.371. The molecule has 22 heavy (non-hydrogen) atoms. The molecule has 0 aliphatic heterocycles. The molecule has 0 spiro atoms. The maximum Gasteiger partial charge on any atom is 0.337 e. The lowest BCUT2D eigenvalue weighted by Gasteiger charge is -2.13. The molecule has 0 fully saturated rings. The second-order valence-corrected chi connectivity index (χ2v) is 5.45. The number of anilines is 2. The number of carbonyl (C=O) groups excluding carboxylic acids is 1. The van der Waals surface area contributed by atoms with Crippen LogP contribution in [0.3, 0.4) is 0 Å². The van der Waals surface area contributed by atoms with Crippen LogP contribution in [0.2, 0.25) is 5.02 Å². The van der Waals surface area contributed by atoms with Gasteiger partial charge in [-0.15, -0.1) is 0 Å². The molecule has 0 aromatic heterocycles. The third-order valence-electron chi connectivity index (χ3n) is 3.00. The fraction of sp³-hybridized carbons (Fsp3) is 0.125. The minimum absolute atomic E-state index is 0.371. The molecule has 0 bridgehead atoms. The quantitative estimate of drug-likeness (QED) is 0.649. The van der Waals surface area contributed by atoms with Crippen LogP contribution in [-0.2, 0) is 4.74 Å². The van der Waals surface area contributed by atoms with Gasteiger partial charge >= 0.3 is 5.97 Å². The van der Waals surface area contributed by atoms with Crippen molar-refractivity contribution in [3.63, 3.8) is 0 Å². The van der Waals surface area contributed by atoms with E-state index >= 15 is 0 Å². The van der Waals surface area contributed by atoms with E-state index < -0.39 is 0 Å². The predicted octanol–water partition coefficient (Wildman–Crippen LogP) is 4.24. The zero-order valence-electron chi connectivity index (χ0n) is 12.1. The van der Waals surface area contributed by atoms with Crippen LogP contribution in [0.5, 0.6) is 0 Å². The summed E-state index contributed by atoms with van der Waals surface area (Å²) in [6.45, 7) is 1.95. The standard InChI is InChI=1S/C16H15ClN2O2S/c1-10-9-12(17)5-8-14(10)19-16(22)18-13-6-3-11(4-7-13)15(20)21-2/h3-9H,1-2H3,(H2,18,19,22). The second kappa shape index (κ2) is 7.24. The number of aryl methyl sites for hydroxylation is 1. The molecule has 0 saturated heterocycles. The lowest BCUT2D eigenvalue weighted by Crippen LogP contribution is -2.19. The van der Waals surface area contributed by atoms with Gasteiger partial charge in [-0.1, -0.05) is 11.6 Å². The van der Waals surface area contributed by atoms with E-state index in [1.807, 2.05) is 19.1 Å². The molecule has 0 atom stereocenters. The van der Waals surface area contributed by atoms with Crippen molar-refractivity contribution in [3.05, 3.63) is 58.6 Å². The maximum atomic E-state index is 11.4. The van der Waals surface area contributed by atoms with Gasteiger partial charge < -0.3 is 15.4 Å². The molecule has 0 aliphatic carbocycles. The van der Waals surface area contributed by atoms with Crippen molar-refractivity contribution in [2.24, 2.45) is 0 Å². The van der Waals surface area contributed by atoms with Gasteiger partial charge in [0.05, 0.1) is 12.7 Å². The molecule has 114 valence electrons. The van der Waals surface area contributed by atoms with Crippen LogP contribution < -0.4 is 10.6 Å². The third kappa shape index (κ3) is 4.19. The van der Waals surface area contributed by atoms with Gasteiger partial charge in [-0.25, -0.2) is 4.79 Å². The Morgan fingerprint density at radius 1 is 1.14 bits per heavy atom. The van der Waals surface area contributed by atoms with Crippen molar-refractivity contribution in [2.45, 2.75) is 6.92 Å². The molecule has 0 amide bonds. The molecule has 6 heteroatoms. The summed E-state index contributed by atoms with van der Waals surface area (Å²) >= 11 is 11.2. The molecule has 0 radical (unpaired) electrons. The Kier molecular flexibility index (Phi) is 5.35. The van der Waals surface area contributed by atoms with Crippen LogP contribution in [0, 0.1) is 6.92 Å². The highest BCUT2D eigenvalue weighted by Gasteiger charge is 2.06. The number of carbonyl (C=O) groups is 1. The number of rotatable bonds is 3. The first-order valence-electron chi connectivity index (χ1n) is 6.52. The Morgan fingerprint density at radius 2 is 1.82 bits per heavy atom. The largest absolute Gasteiger partial charge is 0.465 e. The fourth-order valence-corrected chi connectivity index (χ4v) is 2.31. The number of nitrogens with one attached hydrogen (secondary N) is 2. The highest BCUT2D eigenvalue weighted by atomic mass is 35.5. The summed E-state index contributed by atoms with van der Waals surface area (Å²) in [5.74, 6) is -0.371. The summed E-state index contributed by atoms with van der Waals surface area (Å²) in [6, 6.07) is 12.4. The molecular formula is C16H15ClN2O2S. The molecule has 2 N–H and O–H groups in total. The fourth-order valence-electron chi connectivity index (χ4n) is 1.86. The van der Waals surface area contributed by atoms with Gasteiger partial charge in [0.1, 0.15) is 0 Å². The zero-order chi connectivity index (χ0) is 16.1. The van der Waals surface area contributed by atoms with Crippen LogP contribution in [0.15, 0.2) is 42.5 Å². The first-order valence-corrected chi connectivity index (χ1v) is 7.31. The molecule has 2 aromatic carbocycles. The van der Waals surface area contributed by atoms with E-state index in [-0.39, 0.29) is 5.97 Å². The van der Waals surface area contributed by atoms with Crippen molar-refractivity contribution in [2.75, 3.05) is 17.7 Å². The summed E-state index contributed by atoms with van der Waals surface area (Å²) in [7, 11) is 1.35. The molecule has 0 heterocycles. The normalized spacial score (nSPS) is 9.95. The van der Waals surface area contributed by atoms with Crippen LogP contribution in [0.1, 0.15) is 15.9 Å². The van der Waals surface area contributed by atoms with Crippen molar-refractivity contribution < 1.29 is 9.53 Å². The average molecular weight is 335 g/mol. The van der Waals surface area contributed by atoms with Gasteiger partial charge in [0.2, 0.25) is 0 Å². The van der Waals surface area contributed by atoms with Gasteiger partial charge in [0, 0.05) is 16.4 Å². The van der Waals surface area contributed by atoms with Crippen molar-refractivity contribution >= 4 is 46.3 Å². The van der Waals surface area contributed by atoms with Crippen LogP contribution >= 0.6 is 23.8 Å². The molecule has 0 unspecified atom stereocenters. The van der Waals surface area contributed by atoms with Crippen LogP contribution in [-0.4, -0.2) is 18.2 Å². The van der Waals surface area contributed by atoms with Crippen molar-refractivity contribution in [1.82, 2.24) is 0 Å². The Balaban J connectivity index is 2.01. The first-order chi connectivity index (χ1) is 10.5. The molecular weight excluding hydrogens is 320 g/mol. The van der Waals surface area contributed by atoms with Crippen molar-refractivity contribution in [1.29, 1.82) is 0 Å². The minimum Gasteiger partial charge on any atom is -0.465 e. The smallest absolute Gasteiger partial charge is 0.337 e. The SMILES string of the molecule is COC(=O)c1ccc(NC(=S)Nc2ccc(Cl)cc2C)cc1. The average Bonchev–Trinajstić information content (AvgIpc) is 2.50. The highest BCUT2D eigenvalue weighted by molar-refractivity contribution is 7.80. The van der Waals surface area contributed by atoms with E-state index in [1.54, 1.807) is 30.3 Å². The summed E-state index contributed by atoms with van der Waals surface area (Å²) in [6.07, 6.45) is 0. The lowest BCUT2D eigenvalue weighted by molar-refractivity contribution is 0.0601. The number of ether oxygens (including phenoxy) is 1. The second-order valence-electron chi connectivity index (χ2n) is 4.61. The molecule has 4 nitrogen and oxygen atoms in total. The van der Waals surface area contributed by atoms with Crippen LogP contribution in [0.4, 0.5) is 11.4 Å². The van der Waals surface area contributed by atoms with Gasteiger partial charge in [-0.2, -0.15) is 0 Å². The van der Waals surface area contributed by atoms with E-state index in [4.69, 9.17) is 23.8 Å². The lowest BCUT2D eigenvalue weighted by atomic mass is 10.2. The number of hydrogen-bond acceptors (Lipinski definition) is 3. The molecule has 0 aliphatic rings. The predicted molar refractivity (Wildman–Crippen MR) is 93.8 cm³/mol. The number of benzene rings is 2. The first kappa shape index (κ1) is 16.3. The monoisotopic (exact) mass is 334 g/mol. The Bertz CT molecular complexity index is 702. The number of methoxy groups -OCH3 is 1.